The van der Waals surface area contributed by atoms with Crippen LogP contribution in [0, 0.1) is 0 Å². The summed E-state index contributed by atoms with van der Waals surface area (Å²) in [6.45, 7) is 2.16. The van der Waals surface area contributed by atoms with Crippen LogP contribution in [0.5, 0.6) is 0 Å². The summed E-state index contributed by atoms with van der Waals surface area (Å²) < 4.78 is 38.1. The van der Waals surface area contributed by atoms with E-state index in [-0.39, 0.29) is 4.90 Å². The number of piperazine rings is 1. The second-order valence-electron chi connectivity index (χ2n) is 7.65. The van der Waals surface area contributed by atoms with Gasteiger partial charge in [0.2, 0.25) is 21.7 Å². The smallest absolute Gasteiger partial charge is 0.336 e. The number of nitrogens with zero attached hydrogens (tertiary/aromatic N) is 4. The molecule has 0 atom stereocenters. The van der Waals surface area contributed by atoms with Crippen LogP contribution >= 0.6 is 11.6 Å². The molecule has 11 heteroatoms. The molecule has 1 aliphatic heterocycles. The van der Waals surface area contributed by atoms with Gasteiger partial charge in [-0.05, 0) is 48.5 Å². The molecule has 1 saturated heterocycles. The molecule has 0 radical (unpaired) electrons. The number of sulfonamides is 1. The zero-order chi connectivity index (χ0) is 23.0. The molecule has 0 bridgehead atoms. The summed E-state index contributed by atoms with van der Waals surface area (Å²) in [4.78, 5) is 18.0. The number of fused-ring (bicyclic) bond motifs is 1. The number of aromatic nitrogens is 2. The molecule has 1 aliphatic rings. The molecule has 0 amide bonds. The van der Waals surface area contributed by atoms with Crippen molar-refractivity contribution in [2.24, 2.45) is 0 Å². The molecule has 1 fully saturated rings. The zero-order valence-electron chi connectivity index (χ0n) is 17.3. The lowest BCUT2D eigenvalue weighted by molar-refractivity contribution is 0.163. The molecule has 33 heavy (non-hydrogen) atoms. The fraction of sp³-hybridized carbons (Fsp3) is 0.227. The molecule has 3 heterocycles. The fourth-order valence-corrected chi connectivity index (χ4v) is 5.30. The molecule has 0 N–H and O–H groups in total. The van der Waals surface area contributed by atoms with Gasteiger partial charge in [0.25, 0.3) is 0 Å². The SMILES string of the molecule is O=c1ccc2cc(S(=O)(=O)N3CCN(Cc4nc(-c5ccc(Cl)cc5)no4)CC3)ccc2o1. The van der Waals surface area contributed by atoms with Crippen LogP contribution < -0.4 is 5.63 Å². The molecule has 9 nitrogen and oxygen atoms in total. The van der Waals surface area contributed by atoms with Gasteiger partial charge >= 0.3 is 5.63 Å². The lowest BCUT2D eigenvalue weighted by Gasteiger charge is -2.33. The number of hydrogen-bond donors (Lipinski definition) is 0. The first-order valence-electron chi connectivity index (χ1n) is 10.2. The highest BCUT2D eigenvalue weighted by Gasteiger charge is 2.29. The van der Waals surface area contributed by atoms with E-state index in [0.717, 1.165) is 5.56 Å². The summed E-state index contributed by atoms with van der Waals surface area (Å²) in [6, 6.07) is 14.5. The van der Waals surface area contributed by atoms with Crippen LogP contribution in [-0.4, -0.2) is 53.9 Å². The van der Waals surface area contributed by atoms with Crippen LogP contribution in [0.15, 0.2) is 73.2 Å². The van der Waals surface area contributed by atoms with Crippen LogP contribution in [0.3, 0.4) is 0 Å². The molecule has 2 aromatic carbocycles. The first kappa shape index (κ1) is 21.8. The second-order valence-corrected chi connectivity index (χ2v) is 10.0. The molecular weight excluding hydrogens is 468 g/mol. The Morgan fingerprint density at radius 3 is 2.48 bits per heavy atom. The maximum absolute atomic E-state index is 13.1. The van der Waals surface area contributed by atoms with Crippen molar-refractivity contribution in [1.29, 1.82) is 0 Å². The zero-order valence-corrected chi connectivity index (χ0v) is 18.9. The average Bonchev–Trinajstić information content (AvgIpc) is 3.28. The molecule has 5 rings (SSSR count). The van der Waals surface area contributed by atoms with E-state index >= 15 is 0 Å². The quantitative estimate of drug-likeness (QED) is 0.396. The van der Waals surface area contributed by atoms with E-state index in [1.54, 1.807) is 18.2 Å². The van der Waals surface area contributed by atoms with Gasteiger partial charge in [0.15, 0.2) is 0 Å². The van der Waals surface area contributed by atoms with Gasteiger partial charge in [0, 0.05) is 48.2 Å². The van der Waals surface area contributed by atoms with Crippen LogP contribution in [0.4, 0.5) is 0 Å². The molecular formula is C22H19ClN4O5S. The standard InChI is InChI=1S/C22H19ClN4O5S/c23-17-4-1-15(2-5-17)22-24-20(32-25-22)14-26-9-11-27(12-10-26)33(29,30)18-6-7-19-16(13-18)3-8-21(28)31-19/h1-8,13H,9-12,14H2. The van der Waals surface area contributed by atoms with Crippen molar-refractivity contribution in [3.8, 4) is 11.4 Å². The Kier molecular flexibility index (Phi) is 5.75. The topological polar surface area (TPSA) is 110 Å². The highest BCUT2D eigenvalue weighted by molar-refractivity contribution is 7.89. The minimum Gasteiger partial charge on any atom is -0.423 e. The van der Waals surface area contributed by atoms with Crippen molar-refractivity contribution in [2.75, 3.05) is 26.2 Å². The Labute approximate surface area is 194 Å². The van der Waals surface area contributed by atoms with Gasteiger partial charge in [-0.25, -0.2) is 13.2 Å². The number of rotatable bonds is 5. The van der Waals surface area contributed by atoms with Crippen molar-refractivity contribution in [2.45, 2.75) is 11.4 Å². The Balaban J connectivity index is 1.24. The fourth-order valence-electron chi connectivity index (χ4n) is 3.71. The monoisotopic (exact) mass is 486 g/mol. The Hall–Kier alpha value is -3.05. The number of hydrogen-bond acceptors (Lipinski definition) is 8. The Morgan fingerprint density at radius 1 is 0.970 bits per heavy atom. The highest BCUT2D eigenvalue weighted by atomic mass is 35.5. The number of benzene rings is 2. The number of halogens is 1. The minimum absolute atomic E-state index is 0.168. The van der Waals surface area contributed by atoms with Crippen LogP contribution in [-0.2, 0) is 16.6 Å². The van der Waals surface area contributed by atoms with E-state index in [0.29, 0.717) is 60.4 Å². The first-order chi connectivity index (χ1) is 15.9. The van der Waals surface area contributed by atoms with Crippen LogP contribution in [0.2, 0.25) is 5.02 Å². The molecule has 0 saturated carbocycles. The van der Waals surface area contributed by atoms with Gasteiger partial charge in [-0.3, -0.25) is 4.90 Å². The third-order valence-corrected chi connectivity index (χ3v) is 7.64. The van der Waals surface area contributed by atoms with E-state index < -0.39 is 15.6 Å². The maximum atomic E-state index is 13.1. The summed E-state index contributed by atoms with van der Waals surface area (Å²) in [7, 11) is -3.67. The van der Waals surface area contributed by atoms with Gasteiger partial charge in [0.05, 0.1) is 11.4 Å². The summed E-state index contributed by atoms with van der Waals surface area (Å²) in [5.41, 5.74) is 0.680. The van der Waals surface area contributed by atoms with Gasteiger partial charge in [-0.15, -0.1) is 0 Å². The van der Waals surface area contributed by atoms with E-state index in [4.69, 9.17) is 20.5 Å². The van der Waals surface area contributed by atoms with Crippen molar-refractivity contribution in [1.82, 2.24) is 19.3 Å². The van der Waals surface area contributed by atoms with E-state index in [1.807, 2.05) is 12.1 Å². The van der Waals surface area contributed by atoms with Crippen molar-refractivity contribution < 1.29 is 17.4 Å². The van der Waals surface area contributed by atoms with Gasteiger partial charge in [-0.2, -0.15) is 9.29 Å². The molecule has 0 aliphatic carbocycles. The molecule has 170 valence electrons. The summed E-state index contributed by atoms with van der Waals surface area (Å²) in [6.07, 6.45) is 0. The highest BCUT2D eigenvalue weighted by Crippen LogP contribution is 2.23. The summed E-state index contributed by atoms with van der Waals surface area (Å²) in [5, 5.41) is 5.20. The van der Waals surface area contributed by atoms with Crippen molar-refractivity contribution in [3.63, 3.8) is 0 Å². The molecule has 0 unspecified atom stereocenters. The molecule has 4 aromatic rings. The van der Waals surface area contributed by atoms with Gasteiger partial charge in [-0.1, -0.05) is 16.8 Å². The largest absolute Gasteiger partial charge is 0.423 e. The third kappa shape index (κ3) is 4.55. The summed E-state index contributed by atoms with van der Waals surface area (Å²) >= 11 is 5.91. The Morgan fingerprint density at radius 2 is 1.73 bits per heavy atom. The normalized spacial score (nSPS) is 15.8. The molecule has 0 spiro atoms. The first-order valence-corrected chi connectivity index (χ1v) is 12.1. The third-order valence-electron chi connectivity index (χ3n) is 5.49. The van der Waals surface area contributed by atoms with Crippen molar-refractivity contribution >= 4 is 32.6 Å². The maximum Gasteiger partial charge on any atom is 0.336 e. The predicted octanol–water partition coefficient (Wildman–Crippen LogP) is 3.00. The van der Waals surface area contributed by atoms with Crippen molar-refractivity contribution in [3.05, 3.63) is 75.9 Å². The van der Waals surface area contributed by atoms with Crippen LogP contribution in [0.25, 0.3) is 22.4 Å². The van der Waals surface area contributed by atoms with E-state index in [1.165, 1.54) is 28.6 Å². The van der Waals surface area contributed by atoms with E-state index in [2.05, 4.69) is 15.0 Å². The average molecular weight is 487 g/mol. The Bertz CT molecular complexity index is 1460. The van der Waals surface area contributed by atoms with Gasteiger partial charge < -0.3 is 8.94 Å². The second kappa shape index (κ2) is 8.71. The van der Waals surface area contributed by atoms with E-state index in [9.17, 15) is 13.2 Å². The lowest BCUT2D eigenvalue weighted by Crippen LogP contribution is -2.48. The summed E-state index contributed by atoms with van der Waals surface area (Å²) in [5.74, 6) is 0.947. The molecule has 2 aromatic heterocycles. The van der Waals surface area contributed by atoms with Gasteiger partial charge in [0.1, 0.15) is 5.58 Å². The lowest BCUT2D eigenvalue weighted by atomic mass is 10.2. The predicted molar refractivity (Wildman–Crippen MR) is 121 cm³/mol. The van der Waals surface area contributed by atoms with Crippen LogP contribution in [0.1, 0.15) is 5.89 Å². The minimum atomic E-state index is -3.67.